The van der Waals surface area contributed by atoms with E-state index < -0.39 is 9.84 Å². The number of aromatic nitrogens is 1. The Morgan fingerprint density at radius 2 is 2.14 bits per heavy atom. The van der Waals surface area contributed by atoms with Gasteiger partial charge in [-0.25, -0.2) is 13.4 Å². The van der Waals surface area contributed by atoms with E-state index in [9.17, 15) is 8.42 Å². The molecule has 0 atom stereocenters. The van der Waals surface area contributed by atoms with Crippen molar-refractivity contribution in [2.24, 2.45) is 5.92 Å². The van der Waals surface area contributed by atoms with E-state index in [0.29, 0.717) is 10.9 Å². The summed E-state index contributed by atoms with van der Waals surface area (Å²) in [7, 11) is -2.94. The first kappa shape index (κ1) is 11.7. The minimum atomic E-state index is -2.94. The Morgan fingerprint density at radius 1 is 1.50 bits per heavy atom. The predicted molar refractivity (Wildman–Crippen MR) is 59.2 cm³/mol. The Labute approximate surface area is 89.1 Å². The second-order valence-corrected chi connectivity index (χ2v) is 6.98. The van der Waals surface area contributed by atoms with Crippen molar-refractivity contribution in [1.82, 2.24) is 4.98 Å². The summed E-state index contributed by atoms with van der Waals surface area (Å²) in [5.41, 5.74) is 1.00. The summed E-state index contributed by atoms with van der Waals surface area (Å²) >= 11 is 1.43. The molecule has 0 bridgehead atoms. The predicted octanol–water partition coefficient (Wildman–Crippen LogP) is 1.89. The molecule has 3 nitrogen and oxygen atoms in total. The standard InChI is InChI=1S/C9H15NO2S2/c1-7(2)4-8-5-13-9(10-8)6-14(3,11)12/h5,7H,4,6H2,1-3H3. The van der Waals surface area contributed by atoms with Crippen LogP contribution >= 0.6 is 11.3 Å². The largest absolute Gasteiger partial charge is 0.245 e. The first-order chi connectivity index (χ1) is 6.37. The van der Waals surface area contributed by atoms with E-state index in [0.717, 1.165) is 12.1 Å². The van der Waals surface area contributed by atoms with Crippen LogP contribution in [0.5, 0.6) is 0 Å². The molecule has 0 aliphatic carbocycles. The van der Waals surface area contributed by atoms with Gasteiger partial charge < -0.3 is 0 Å². The van der Waals surface area contributed by atoms with Crippen LogP contribution in [0.1, 0.15) is 24.5 Å². The van der Waals surface area contributed by atoms with Gasteiger partial charge in [0.25, 0.3) is 0 Å². The van der Waals surface area contributed by atoms with Crippen molar-refractivity contribution in [2.45, 2.75) is 26.0 Å². The molecule has 1 aromatic heterocycles. The third-order valence-electron chi connectivity index (χ3n) is 1.60. The monoisotopic (exact) mass is 233 g/mol. The third-order valence-corrected chi connectivity index (χ3v) is 3.48. The maximum absolute atomic E-state index is 11.0. The van der Waals surface area contributed by atoms with Crippen molar-refractivity contribution < 1.29 is 8.42 Å². The van der Waals surface area contributed by atoms with Crippen LogP contribution in [0, 0.1) is 5.92 Å². The van der Waals surface area contributed by atoms with Gasteiger partial charge in [-0.15, -0.1) is 11.3 Å². The Balaban J connectivity index is 2.69. The fraction of sp³-hybridized carbons (Fsp3) is 0.667. The summed E-state index contributed by atoms with van der Waals surface area (Å²) in [6.45, 7) is 4.24. The van der Waals surface area contributed by atoms with Gasteiger partial charge in [-0.2, -0.15) is 0 Å². The van der Waals surface area contributed by atoms with Crippen molar-refractivity contribution in [1.29, 1.82) is 0 Å². The fourth-order valence-electron chi connectivity index (χ4n) is 1.15. The lowest BCUT2D eigenvalue weighted by Gasteiger charge is -1.98. The number of rotatable bonds is 4. The average Bonchev–Trinajstić information content (AvgIpc) is 2.30. The highest BCUT2D eigenvalue weighted by Gasteiger charge is 2.09. The average molecular weight is 233 g/mol. The summed E-state index contributed by atoms with van der Waals surface area (Å²) in [6.07, 6.45) is 2.15. The highest BCUT2D eigenvalue weighted by molar-refractivity contribution is 7.90. The topological polar surface area (TPSA) is 47.0 Å². The van der Waals surface area contributed by atoms with E-state index in [2.05, 4.69) is 18.8 Å². The quantitative estimate of drug-likeness (QED) is 0.798. The minimum Gasteiger partial charge on any atom is -0.245 e. The van der Waals surface area contributed by atoms with Gasteiger partial charge in [0.1, 0.15) is 10.8 Å². The summed E-state index contributed by atoms with van der Waals surface area (Å²) in [5.74, 6) is 0.624. The Bertz CT molecular complexity index is 393. The van der Waals surface area contributed by atoms with Crippen LogP contribution in [0.2, 0.25) is 0 Å². The highest BCUT2D eigenvalue weighted by atomic mass is 32.2. The summed E-state index contributed by atoms with van der Waals surface area (Å²) in [5, 5.41) is 2.64. The number of nitrogens with zero attached hydrogens (tertiary/aromatic N) is 1. The van der Waals surface area contributed by atoms with E-state index in [1.165, 1.54) is 17.6 Å². The molecule has 5 heteroatoms. The van der Waals surface area contributed by atoms with E-state index >= 15 is 0 Å². The van der Waals surface area contributed by atoms with Gasteiger partial charge in [-0.1, -0.05) is 13.8 Å². The first-order valence-electron chi connectivity index (χ1n) is 4.48. The normalized spacial score (nSPS) is 12.3. The third kappa shape index (κ3) is 4.19. The lowest BCUT2D eigenvalue weighted by atomic mass is 10.1. The number of hydrogen-bond donors (Lipinski definition) is 0. The molecule has 14 heavy (non-hydrogen) atoms. The molecule has 0 N–H and O–H groups in total. The molecule has 0 unspecified atom stereocenters. The van der Waals surface area contributed by atoms with Crippen molar-refractivity contribution >= 4 is 21.2 Å². The summed E-state index contributed by atoms with van der Waals surface area (Å²) in [4.78, 5) is 4.28. The van der Waals surface area contributed by atoms with Crippen molar-refractivity contribution in [3.05, 3.63) is 16.1 Å². The van der Waals surface area contributed by atoms with Gasteiger partial charge in [0, 0.05) is 11.6 Å². The molecule has 0 fully saturated rings. The summed E-state index contributed by atoms with van der Waals surface area (Å²) < 4.78 is 22.0. The molecule has 0 aliphatic rings. The van der Waals surface area contributed by atoms with Crippen molar-refractivity contribution in [3.63, 3.8) is 0 Å². The molecule has 0 amide bonds. The number of hydrogen-bond acceptors (Lipinski definition) is 4. The molecular formula is C9H15NO2S2. The molecule has 0 radical (unpaired) electrons. The van der Waals surface area contributed by atoms with Crippen LogP contribution in [-0.4, -0.2) is 19.7 Å². The van der Waals surface area contributed by atoms with Crippen LogP contribution in [0.25, 0.3) is 0 Å². The Kier molecular flexibility index (Phi) is 3.66. The first-order valence-corrected chi connectivity index (χ1v) is 7.42. The fourth-order valence-corrected chi connectivity index (χ4v) is 3.17. The molecule has 1 heterocycles. The van der Waals surface area contributed by atoms with Gasteiger partial charge in [0.05, 0.1) is 5.69 Å². The lowest BCUT2D eigenvalue weighted by molar-refractivity contribution is 0.600. The second-order valence-electron chi connectivity index (χ2n) is 3.90. The zero-order valence-corrected chi connectivity index (χ0v) is 10.3. The van der Waals surface area contributed by atoms with Crippen molar-refractivity contribution in [2.75, 3.05) is 6.26 Å². The smallest absolute Gasteiger partial charge is 0.153 e. The van der Waals surface area contributed by atoms with E-state index in [4.69, 9.17) is 0 Å². The Morgan fingerprint density at radius 3 is 2.64 bits per heavy atom. The summed E-state index contributed by atoms with van der Waals surface area (Å²) in [6, 6.07) is 0. The number of sulfone groups is 1. The van der Waals surface area contributed by atoms with E-state index in [1.54, 1.807) is 0 Å². The molecule has 0 saturated carbocycles. The molecule has 0 spiro atoms. The van der Waals surface area contributed by atoms with Gasteiger partial charge >= 0.3 is 0 Å². The van der Waals surface area contributed by atoms with Crippen LogP contribution in [-0.2, 0) is 22.0 Å². The SMILES string of the molecule is CC(C)Cc1csc(CS(C)(=O)=O)n1. The molecular weight excluding hydrogens is 218 g/mol. The van der Waals surface area contributed by atoms with Crippen LogP contribution < -0.4 is 0 Å². The van der Waals surface area contributed by atoms with Gasteiger partial charge in [-0.3, -0.25) is 0 Å². The molecule has 0 aliphatic heterocycles. The maximum atomic E-state index is 11.0. The van der Waals surface area contributed by atoms with Gasteiger partial charge in [-0.05, 0) is 12.3 Å². The lowest BCUT2D eigenvalue weighted by Crippen LogP contribution is -2.01. The maximum Gasteiger partial charge on any atom is 0.153 e. The second kappa shape index (κ2) is 4.40. The minimum absolute atomic E-state index is 0.0652. The van der Waals surface area contributed by atoms with E-state index in [1.807, 2.05) is 5.38 Å². The van der Waals surface area contributed by atoms with Gasteiger partial charge in [0.15, 0.2) is 9.84 Å². The van der Waals surface area contributed by atoms with Crippen LogP contribution in [0.4, 0.5) is 0 Å². The van der Waals surface area contributed by atoms with Crippen molar-refractivity contribution in [3.8, 4) is 0 Å². The molecule has 1 rings (SSSR count). The zero-order chi connectivity index (χ0) is 10.8. The van der Waals surface area contributed by atoms with E-state index in [-0.39, 0.29) is 5.75 Å². The molecule has 80 valence electrons. The highest BCUT2D eigenvalue weighted by Crippen LogP contribution is 2.15. The van der Waals surface area contributed by atoms with Crippen LogP contribution in [0.15, 0.2) is 5.38 Å². The molecule has 0 aromatic carbocycles. The Hall–Kier alpha value is -0.420. The van der Waals surface area contributed by atoms with Crippen LogP contribution in [0.3, 0.4) is 0 Å². The molecule has 1 aromatic rings. The zero-order valence-electron chi connectivity index (χ0n) is 8.65. The van der Waals surface area contributed by atoms with Gasteiger partial charge in [0.2, 0.25) is 0 Å². The number of thiazole rings is 1. The molecule has 0 saturated heterocycles.